The summed E-state index contributed by atoms with van der Waals surface area (Å²) in [7, 11) is 3.42. The molecule has 0 aromatic heterocycles. The lowest BCUT2D eigenvalue weighted by molar-refractivity contribution is -0.133. The third-order valence-electron chi connectivity index (χ3n) is 1.89. The molecule has 0 aromatic rings. The second kappa shape index (κ2) is 7.53. The molecule has 0 spiro atoms. The second-order valence-corrected chi connectivity index (χ2v) is 2.98. The van der Waals surface area contributed by atoms with E-state index in [1.165, 1.54) is 5.12 Å². The molecule has 0 saturated carbocycles. The smallest absolute Gasteiger partial charge is 0.267 e. The molecule has 4 heteroatoms. The van der Waals surface area contributed by atoms with E-state index in [2.05, 4.69) is 17.8 Å². The zero-order chi connectivity index (χ0) is 11.0. The highest BCUT2D eigenvalue weighted by Crippen LogP contribution is 2.08. The van der Waals surface area contributed by atoms with Gasteiger partial charge in [0.25, 0.3) is 5.91 Å². The van der Waals surface area contributed by atoms with Crippen LogP contribution < -0.4 is 10.9 Å². The summed E-state index contributed by atoms with van der Waals surface area (Å²) < 4.78 is 0. The topological polar surface area (TPSA) is 44.4 Å². The summed E-state index contributed by atoms with van der Waals surface area (Å²) in [6, 6.07) is 0. The van der Waals surface area contributed by atoms with E-state index in [0.29, 0.717) is 0 Å². The predicted octanol–water partition coefficient (Wildman–Crippen LogP) is 1.22. The fourth-order valence-electron chi connectivity index (χ4n) is 1.27. The van der Waals surface area contributed by atoms with E-state index in [1.807, 2.05) is 13.0 Å². The maximum atomic E-state index is 11.8. The van der Waals surface area contributed by atoms with Gasteiger partial charge in [0, 0.05) is 19.7 Å². The van der Waals surface area contributed by atoms with Crippen molar-refractivity contribution in [3.05, 3.63) is 11.6 Å². The van der Waals surface area contributed by atoms with Gasteiger partial charge < -0.3 is 0 Å². The molecular formula is C10H21N3O. The molecule has 0 aliphatic heterocycles. The van der Waals surface area contributed by atoms with Crippen molar-refractivity contribution in [2.24, 2.45) is 0 Å². The van der Waals surface area contributed by atoms with Crippen molar-refractivity contribution >= 4 is 5.91 Å². The van der Waals surface area contributed by atoms with Crippen LogP contribution >= 0.6 is 0 Å². The number of allylic oxidation sites excluding steroid dienone is 1. The standard InChI is InChI=1S/C10H21N3O/c1-5-7-9(8-6-2)10(14)13(11-3)12-4/h7,11-12H,5-6,8H2,1-4H3. The number of nitrogens with one attached hydrogen (secondary N) is 2. The van der Waals surface area contributed by atoms with Crippen LogP contribution in [0.15, 0.2) is 11.6 Å². The normalized spacial score (nSPS) is 11.6. The first-order valence-electron chi connectivity index (χ1n) is 5.09. The fraction of sp³-hybridized carbons (Fsp3) is 0.700. The Hall–Kier alpha value is -0.870. The summed E-state index contributed by atoms with van der Waals surface area (Å²) in [6.45, 7) is 4.10. The Morgan fingerprint density at radius 2 is 1.86 bits per heavy atom. The second-order valence-electron chi connectivity index (χ2n) is 2.98. The van der Waals surface area contributed by atoms with Crippen LogP contribution in [-0.2, 0) is 4.79 Å². The van der Waals surface area contributed by atoms with Gasteiger partial charge in [-0.1, -0.05) is 26.3 Å². The average molecular weight is 199 g/mol. The molecule has 0 aliphatic carbocycles. The predicted molar refractivity (Wildman–Crippen MR) is 58.2 cm³/mol. The summed E-state index contributed by atoms with van der Waals surface area (Å²) in [5, 5.41) is 1.39. The van der Waals surface area contributed by atoms with E-state index < -0.39 is 0 Å². The van der Waals surface area contributed by atoms with Crippen LogP contribution in [0.4, 0.5) is 0 Å². The maximum Gasteiger partial charge on any atom is 0.278 e. The summed E-state index contributed by atoms with van der Waals surface area (Å²) in [6.07, 6.45) is 4.68. The Morgan fingerprint density at radius 1 is 1.29 bits per heavy atom. The van der Waals surface area contributed by atoms with Crippen molar-refractivity contribution in [1.29, 1.82) is 0 Å². The minimum absolute atomic E-state index is 0.00120. The van der Waals surface area contributed by atoms with E-state index in [1.54, 1.807) is 14.1 Å². The number of hydrogen-bond donors (Lipinski definition) is 2. The van der Waals surface area contributed by atoms with Crippen molar-refractivity contribution in [2.45, 2.75) is 33.1 Å². The van der Waals surface area contributed by atoms with Crippen LogP contribution in [0, 0.1) is 0 Å². The summed E-state index contributed by atoms with van der Waals surface area (Å²) in [5.74, 6) is -0.00120. The van der Waals surface area contributed by atoms with Gasteiger partial charge in [-0.2, -0.15) is 0 Å². The molecule has 0 atom stereocenters. The molecule has 2 N–H and O–H groups in total. The molecule has 82 valence electrons. The molecule has 0 saturated heterocycles. The van der Waals surface area contributed by atoms with Crippen molar-refractivity contribution in [3.8, 4) is 0 Å². The highest BCUT2D eigenvalue weighted by molar-refractivity contribution is 5.92. The zero-order valence-corrected chi connectivity index (χ0v) is 9.55. The Kier molecular flexibility index (Phi) is 7.06. The number of amides is 1. The van der Waals surface area contributed by atoms with Gasteiger partial charge in [-0.05, 0) is 12.8 Å². The number of carbonyl (C=O) groups is 1. The van der Waals surface area contributed by atoms with Crippen LogP contribution in [0.2, 0.25) is 0 Å². The fourth-order valence-corrected chi connectivity index (χ4v) is 1.27. The Labute approximate surface area is 86.3 Å². The minimum atomic E-state index is -0.00120. The maximum absolute atomic E-state index is 11.8. The third-order valence-corrected chi connectivity index (χ3v) is 1.89. The molecule has 4 nitrogen and oxygen atoms in total. The number of rotatable bonds is 6. The van der Waals surface area contributed by atoms with Crippen LogP contribution in [0.1, 0.15) is 33.1 Å². The van der Waals surface area contributed by atoms with Gasteiger partial charge in [-0.3, -0.25) is 4.79 Å². The number of hydrogen-bond acceptors (Lipinski definition) is 3. The first-order chi connectivity index (χ1) is 6.71. The summed E-state index contributed by atoms with van der Waals surface area (Å²) in [5.41, 5.74) is 6.42. The molecule has 0 unspecified atom stereocenters. The van der Waals surface area contributed by atoms with Crippen molar-refractivity contribution in [1.82, 2.24) is 16.0 Å². The van der Waals surface area contributed by atoms with E-state index in [4.69, 9.17) is 0 Å². The molecule has 1 amide bonds. The van der Waals surface area contributed by atoms with Gasteiger partial charge in [-0.25, -0.2) is 16.0 Å². The van der Waals surface area contributed by atoms with Crippen molar-refractivity contribution in [2.75, 3.05) is 14.1 Å². The van der Waals surface area contributed by atoms with E-state index in [0.717, 1.165) is 24.8 Å². The number of nitrogens with zero attached hydrogens (tertiary/aromatic N) is 1. The van der Waals surface area contributed by atoms with Gasteiger partial charge >= 0.3 is 0 Å². The average Bonchev–Trinajstić information content (AvgIpc) is 2.19. The van der Waals surface area contributed by atoms with Crippen LogP contribution in [-0.4, -0.2) is 25.1 Å². The monoisotopic (exact) mass is 199 g/mol. The minimum Gasteiger partial charge on any atom is -0.267 e. The van der Waals surface area contributed by atoms with Crippen molar-refractivity contribution < 1.29 is 4.79 Å². The Bertz CT molecular complexity index is 198. The highest BCUT2D eigenvalue weighted by atomic mass is 16.2. The zero-order valence-electron chi connectivity index (χ0n) is 9.55. The van der Waals surface area contributed by atoms with Gasteiger partial charge in [0.15, 0.2) is 0 Å². The summed E-state index contributed by atoms with van der Waals surface area (Å²) >= 11 is 0. The molecule has 0 bridgehead atoms. The molecule has 14 heavy (non-hydrogen) atoms. The van der Waals surface area contributed by atoms with E-state index >= 15 is 0 Å². The largest absolute Gasteiger partial charge is 0.278 e. The van der Waals surface area contributed by atoms with Gasteiger partial charge in [0.1, 0.15) is 0 Å². The molecule has 0 radical (unpaired) electrons. The van der Waals surface area contributed by atoms with Gasteiger partial charge in [0.2, 0.25) is 0 Å². The molecule has 0 rings (SSSR count). The van der Waals surface area contributed by atoms with E-state index in [9.17, 15) is 4.79 Å². The quantitative estimate of drug-likeness (QED) is 0.499. The third kappa shape index (κ3) is 3.89. The summed E-state index contributed by atoms with van der Waals surface area (Å²) in [4.78, 5) is 11.8. The number of hydrazine groups is 2. The molecule has 0 aromatic carbocycles. The van der Waals surface area contributed by atoms with Crippen LogP contribution in [0.5, 0.6) is 0 Å². The lowest BCUT2D eigenvalue weighted by atomic mass is 10.1. The van der Waals surface area contributed by atoms with Gasteiger partial charge in [-0.15, -0.1) is 0 Å². The van der Waals surface area contributed by atoms with Crippen LogP contribution in [0.3, 0.4) is 0 Å². The molecule has 0 aliphatic rings. The first-order valence-corrected chi connectivity index (χ1v) is 5.09. The highest BCUT2D eigenvalue weighted by Gasteiger charge is 2.14. The Morgan fingerprint density at radius 3 is 2.21 bits per heavy atom. The lowest BCUT2D eigenvalue weighted by Crippen LogP contribution is -2.49. The molecular weight excluding hydrogens is 178 g/mol. The molecule has 0 heterocycles. The first kappa shape index (κ1) is 13.1. The lowest BCUT2D eigenvalue weighted by Gasteiger charge is -2.20. The molecule has 0 fully saturated rings. The Balaban J connectivity index is 4.49. The van der Waals surface area contributed by atoms with Crippen LogP contribution in [0.25, 0.3) is 0 Å². The van der Waals surface area contributed by atoms with Crippen molar-refractivity contribution in [3.63, 3.8) is 0 Å². The SMILES string of the molecule is CCC=C(CCC)C(=O)N(NC)NC. The number of carbonyl (C=O) groups excluding carboxylic acids is 1. The van der Waals surface area contributed by atoms with Gasteiger partial charge in [0.05, 0.1) is 0 Å². The van der Waals surface area contributed by atoms with E-state index in [-0.39, 0.29) is 5.91 Å².